The molecule has 0 bridgehead atoms. The van der Waals surface area contributed by atoms with Crippen LogP contribution in [0.1, 0.15) is 6.42 Å². The fourth-order valence-corrected chi connectivity index (χ4v) is 3.43. The summed E-state index contributed by atoms with van der Waals surface area (Å²) in [4.78, 5) is 19.1. The Balaban J connectivity index is 0.000000391. The van der Waals surface area contributed by atoms with Gasteiger partial charge in [0.25, 0.3) is 0 Å². The van der Waals surface area contributed by atoms with Crippen LogP contribution in [0.25, 0.3) is 11.3 Å². The molecule has 1 aliphatic rings. The number of hydrogen-bond donors (Lipinski definition) is 2. The lowest BCUT2D eigenvalue weighted by Gasteiger charge is -2.17. The maximum Gasteiger partial charge on any atom is 0.319 e. The number of carbonyl (C=O) groups excluding carboxylic acids is 1. The molecule has 3 aromatic rings. The number of methoxy groups -OCH3 is 1. The Morgan fingerprint density at radius 1 is 1.03 bits per heavy atom. The molecule has 2 N–H and O–H groups in total. The molecule has 1 atom stereocenters. The van der Waals surface area contributed by atoms with Gasteiger partial charge in [0.05, 0.1) is 18.0 Å². The second-order valence-electron chi connectivity index (χ2n) is 7.30. The van der Waals surface area contributed by atoms with Gasteiger partial charge in [0, 0.05) is 44.5 Å². The minimum absolute atomic E-state index is 0.161. The van der Waals surface area contributed by atoms with Gasteiger partial charge in [0.1, 0.15) is 0 Å². The van der Waals surface area contributed by atoms with Gasteiger partial charge in [-0.1, -0.05) is 66.7 Å². The van der Waals surface area contributed by atoms with Crippen LogP contribution in [0.4, 0.5) is 10.5 Å². The summed E-state index contributed by atoms with van der Waals surface area (Å²) >= 11 is 0. The normalized spacial score (nSPS) is 15.6. The summed E-state index contributed by atoms with van der Waals surface area (Å²) in [6.45, 7) is 3.46. The van der Waals surface area contributed by atoms with Crippen molar-refractivity contribution in [2.45, 2.75) is 12.5 Å². The number of anilines is 1. The van der Waals surface area contributed by atoms with Crippen molar-refractivity contribution in [1.82, 2.24) is 15.2 Å². The first kappa shape index (κ1) is 22.5. The molecular weight excluding hydrogens is 388 g/mol. The molecule has 0 radical (unpaired) electrons. The summed E-state index contributed by atoms with van der Waals surface area (Å²) in [7, 11) is 1.71. The second-order valence-corrected chi connectivity index (χ2v) is 7.30. The van der Waals surface area contributed by atoms with E-state index in [0.29, 0.717) is 5.69 Å². The maximum atomic E-state index is 12.4. The Hall–Kier alpha value is -3.22. The third-order valence-electron chi connectivity index (χ3n) is 4.99. The van der Waals surface area contributed by atoms with Gasteiger partial charge in [-0.15, -0.1) is 0 Å². The Bertz CT molecular complexity index is 879. The van der Waals surface area contributed by atoms with Gasteiger partial charge in [-0.2, -0.15) is 0 Å². The first-order valence-electron chi connectivity index (χ1n) is 10.6. The summed E-state index contributed by atoms with van der Waals surface area (Å²) in [6, 6.07) is 25.5. The van der Waals surface area contributed by atoms with Gasteiger partial charge >= 0.3 is 6.03 Å². The molecule has 0 spiro atoms. The molecule has 162 valence electrons. The van der Waals surface area contributed by atoms with Gasteiger partial charge in [0.15, 0.2) is 0 Å². The lowest BCUT2D eigenvalue weighted by atomic mass is 10.1. The Labute approximate surface area is 184 Å². The Kier molecular flexibility index (Phi) is 9.04. The smallest absolute Gasteiger partial charge is 0.319 e. The van der Waals surface area contributed by atoms with E-state index in [-0.39, 0.29) is 12.1 Å². The molecule has 4 rings (SSSR count). The molecule has 1 fully saturated rings. The monoisotopic (exact) mass is 418 g/mol. The van der Waals surface area contributed by atoms with Crippen molar-refractivity contribution in [3.05, 3.63) is 85.1 Å². The standard InChI is InChI=1S/C19H24N4O2.C6H6/c1-25-13-12-23-11-9-16(14-23)21-19(24)22-17-8-5-10-20-18(17)15-6-3-2-4-7-15;1-2-4-6-5-3-1/h2-8,10,16H,9,11-14H2,1H3,(H2,21,22,24);1-6H. The number of carbonyl (C=O) groups is 1. The fourth-order valence-electron chi connectivity index (χ4n) is 3.43. The van der Waals surface area contributed by atoms with Crippen molar-refractivity contribution in [2.24, 2.45) is 0 Å². The summed E-state index contributed by atoms with van der Waals surface area (Å²) in [5, 5.41) is 5.99. The average molecular weight is 419 g/mol. The van der Waals surface area contributed by atoms with E-state index in [1.54, 1.807) is 13.3 Å². The van der Waals surface area contributed by atoms with Gasteiger partial charge < -0.3 is 15.4 Å². The highest BCUT2D eigenvalue weighted by Crippen LogP contribution is 2.25. The van der Waals surface area contributed by atoms with Gasteiger partial charge in [-0.3, -0.25) is 9.88 Å². The molecule has 2 aromatic carbocycles. The molecule has 31 heavy (non-hydrogen) atoms. The number of hydrogen-bond acceptors (Lipinski definition) is 4. The first-order chi connectivity index (χ1) is 15.3. The third kappa shape index (κ3) is 7.51. The predicted molar refractivity (Wildman–Crippen MR) is 125 cm³/mol. The molecule has 2 heterocycles. The molecular formula is C25H30N4O2. The van der Waals surface area contributed by atoms with Crippen molar-refractivity contribution in [1.29, 1.82) is 0 Å². The Morgan fingerprint density at radius 2 is 1.71 bits per heavy atom. The van der Waals surface area contributed by atoms with Crippen molar-refractivity contribution < 1.29 is 9.53 Å². The number of pyridine rings is 1. The first-order valence-corrected chi connectivity index (χ1v) is 10.6. The van der Waals surface area contributed by atoms with Gasteiger partial charge in [-0.25, -0.2) is 4.79 Å². The number of nitrogens with zero attached hydrogens (tertiary/aromatic N) is 2. The van der Waals surface area contributed by atoms with Crippen LogP contribution in [0.15, 0.2) is 85.1 Å². The second kappa shape index (κ2) is 12.5. The van der Waals surface area contributed by atoms with E-state index in [9.17, 15) is 4.79 Å². The molecule has 1 aromatic heterocycles. The summed E-state index contributed by atoms with van der Waals surface area (Å²) in [5.74, 6) is 0. The van der Waals surface area contributed by atoms with Crippen LogP contribution in [0.2, 0.25) is 0 Å². The summed E-state index contributed by atoms with van der Waals surface area (Å²) < 4.78 is 5.11. The van der Waals surface area contributed by atoms with E-state index in [4.69, 9.17) is 4.74 Å². The molecule has 2 amide bonds. The number of aromatic nitrogens is 1. The number of amides is 2. The average Bonchev–Trinajstić information content (AvgIpc) is 3.27. The number of nitrogens with one attached hydrogen (secondary N) is 2. The van der Waals surface area contributed by atoms with E-state index in [2.05, 4.69) is 20.5 Å². The minimum atomic E-state index is -0.191. The number of ether oxygens (including phenoxy) is 1. The van der Waals surface area contributed by atoms with E-state index in [1.165, 1.54) is 0 Å². The number of likely N-dealkylation sites (tertiary alicyclic amines) is 1. The Morgan fingerprint density at radius 3 is 2.39 bits per heavy atom. The molecule has 1 aliphatic heterocycles. The number of rotatable bonds is 6. The van der Waals surface area contributed by atoms with Gasteiger partial charge in [0.2, 0.25) is 0 Å². The zero-order valence-corrected chi connectivity index (χ0v) is 17.9. The van der Waals surface area contributed by atoms with Crippen LogP contribution in [-0.2, 0) is 4.74 Å². The van der Waals surface area contributed by atoms with E-state index < -0.39 is 0 Å². The van der Waals surface area contributed by atoms with Crippen molar-refractivity contribution >= 4 is 11.7 Å². The van der Waals surface area contributed by atoms with Gasteiger partial charge in [-0.05, 0) is 18.6 Å². The SMILES string of the molecule is COCCN1CCC(NC(=O)Nc2cccnc2-c2ccccc2)C1.c1ccccc1. The minimum Gasteiger partial charge on any atom is -0.383 e. The molecule has 0 saturated carbocycles. The summed E-state index contributed by atoms with van der Waals surface area (Å²) in [6.07, 6.45) is 2.69. The van der Waals surface area contributed by atoms with Crippen molar-refractivity contribution in [2.75, 3.05) is 38.7 Å². The highest BCUT2D eigenvalue weighted by molar-refractivity contribution is 5.93. The molecule has 1 unspecified atom stereocenters. The molecule has 6 nitrogen and oxygen atoms in total. The highest BCUT2D eigenvalue weighted by Gasteiger charge is 2.23. The molecule has 0 aliphatic carbocycles. The van der Waals surface area contributed by atoms with E-state index in [1.807, 2.05) is 78.9 Å². The van der Waals surface area contributed by atoms with Crippen LogP contribution >= 0.6 is 0 Å². The predicted octanol–water partition coefficient (Wildman–Crippen LogP) is 4.28. The van der Waals surface area contributed by atoms with Crippen LogP contribution in [0.5, 0.6) is 0 Å². The maximum absolute atomic E-state index is 12.4. The van der Waals surface area contributed by atoms with Crippen LogP contribution in [-0.4, -0.2) is 55.3 Å². The number of urea groups is 1. The lowest BCUT2D eigenvalue weighted by molar-refractivity contribution is 0.160. The topological polar surface area (TPSA) is 66.5 Å². The van der Waals surface area contributed by atoms with Crippen LogP contribution in [0, 0.1) is 0 Å². The quantitative estimate of drug-likeness (QED) is 0.627. The van der Waals surface area contributed by atoms with E-state index in [0.717, 1.165) is 43.9 Å². The molecule has 6 heteroatoms. The van der Waals surface area contributed by atoms with Crippen molar-refractivity contribution in [3.63, 3.8) is 0 Å². The van der Waals surface area contributed by atoms with E-state index >= 15 is 0 Å². The summed E-state index contributed by atoms with van der Waals surface area (Å²) in [5.41, 5.74) is 2.46. The zero-order chi connectivity index (χ0) is 21.7. The fraction of sp³-hybridized carbons (Fsp3) is 0.280. The zero-order valence-electron chi connectivity index (χ0n) is 17.9. The van der Waals surface area contributed by atoms with Crippen LogP contribution in [0.3, 0.4) is 0 Å². The highest BCUT2D eigenvalue weighted by atomic mass is 16.5. The lowest BCUT2D eigenvalue weighted by Crippen LogP contribution is -2.40. The van der Waals surface area contributed by atoms with Crippen molar-refractivity contribution in [3.8, 4) is 11.3 Å². The third-order valence-corrected chi connectivity index (χ3v) is 4.99. The largest absolute Gasteiger partial charge is 0.383 e. The van der Waals surface area contributed by atoms with Crippen LogP contribution < -0.4 is 10.6 Å². The number of benzene rings is 2. The molecule has 1 saturated heterocycles.